The molecule has 0 radical (unpaired) electrons. The summed E-state index contributed by atoms with van der Waals surface area (Å²) in [6, 6.07) is 12.0. The van der Waals surface area contributed by atoms with E-state index in [4.69, 9.17) is 0 Å². The van der Waals surface area contributed by atoms with Gasteiger partial charge in [0.25, 0.3) is 11.8 Å². The number of benzene rings is 2. The minimum absolute atomic E-state index is 0.272. The van der Waals surface area contributed by atoms with Crippen LogP contribution in [0.3, 0.4) is 0 Å². The van der Waals surface area contributed by atoms with Gasteiger partial charge in [-0.25, -0.2) is 4.39 Å². The molecule has 26 heavy (non-hydrogen) atoms. The van der Waals surface area contributed by atoms with E-state index in [1.54, 1.807) is 51.1 Å². The van der Waals surface area contributed by atoms with Crippen LogP contribution in [0.5, 0.6) is 0 Å². The molecule has 2 aromatic rings. The third kappa shape index (κ3) is 3.10. The number of hydrogen-bond acceptors (Lipinski definition) is 3. The summed E-state index contributed by atoms with van der Waals surface area (Å²) < 4.78 is 13.7. The van der Waals surface area contributed by atoms with E-state index >= 15 is 0 Å². The minimum Gasteiger partial charge on any atom is -0.293 e. The van der Waals surface area contributed by atoms with Crippen molar-refractivity contribution < 1.29 is 18.8 Å². The van der Waals surface area contributed by atoms with E-state index in [-0.39, 0.29) is 12.6 Å². The lowest BCUT2D eigenvalue weighted by Gasteiger charge is -2.32. The molecule has 0 aliphatic carbocycles. The maximum Gasteiger partial charge on any atom is 0.263 e. The highest BCUT2D eigenvalue weighted by molar-refractivity contribution is 6.21. The van der Waals surface area contributed by atoms with Crippen molar-refractivity contribution >= 4 is 23.4 Å². The quantitative estimate of drug-likeness (QED) is 0.793. The van der Waals surface area contributed by atoms with Gasteiger partial charge >= 0.3 is 0 Å². The van der Waals surface area contributed by atoms with Crippen molar-refractivity contribution in [3.8, 4) is 0 Å². The molecule has 0 atom stereocenters. The maximum absolute atomic E-state index is 13.7. The summed E-state index contributed by atoms with van der Waals surface area (Å²) in [4.78, 5) is 40.4. The molecule has 1 aliphatic rings. The summed E-state index contributed by atoms with van der Waals surface area (Å²) in [5.74, 6) is -1.75. The topological polar surface area (TPSA) is 57.7 Å². The number of imide groups is 1. The Bertz CT molecular complexity index is 867. The second-order valence-corrected chi connectivity index (χ2v) is 7.19. The zero-order valence-corrected chi connectivity index (χ0v) is 14.8. The summed E-state index contributed by atoms with van der Waals surface area (Å²) in [6.07, 6.45) is 0. The zero-order valence-electron chi connectivity index (χ0n) is 14.8. The van der Waals surface area contributed by atoms with E-state index in [0.717, 1.165) is 4.90 Å². The normalized spacial score (nSPS) is 13.8. The van der Waals surface area contributed by atoms with Crippen molar-refractivity contribution in [3.05, 3.63) is 65.5 Å². The Labute approximate surface area is 151 Å². The van der Waals surface area contributed by atoms with E-state index in [9.17, 15) is 18.8 Å². The van der Waals surface area contributed by atoms with Crippen LogP contribution in [0.1, 0.15) is 41.5 Å². The third-order valence-electron chi connectivity index (χ3n) is 4.17. The molecule has 1 heterocycles. The van der Waals surface area contributed by atoms with Gasteiger partial charge in [0.15, 0.2) is 0 Å². The van der Waals surface area contributed by atoms with Gasteiger partial charge in [-0.3, -0.25) is 24.2 Å². The molecule has 0 bridgehead atoms. The SMILES string of the molecule is CC(C)(C)C(=O)N(CN1C(=O)c2ccccc2C1=O)c1cccc(F)c1. The van der Waals surface area contributed by atoms with Gasteiger partial charge in [0.1, 0.15) is 12.5 Å². The summed E-state index contributed by atoms with van der Waals surface area (Å²) in [6.45, 7) is 4.91. The average Bonchev–Trinajstić information content (AvgIpc) is 2.83. The van der Waals surface area contributed by atoms with Gasteiger partial charge in [0, 0.05) is 11.1 Å². The molecule has 0 saturated heterocycles. The largest absolute Gasteiger partial charge is 0.293 e. The maximum atomic E-state index is 13.7. The van der Waals surface area contributed by atoms with Gasteiger partial charge < -0.3 is 0 Å². The predicted octanol–water partition coefficient (Wildman–Crippen LogP) is 3.46. The molecular weight excluding hydrogens is 335 g/mol. The van der Waals surface area contributed by atoms with Gasteiger partial charge in [-0.2, -0.15) is 0 Å². The lowest BCUT2D eigenvalue weighted by atomic mass is 9.94. The summed E-state index contributed by atoms with van der Waals surface area (Å²) >= 11 is 0. The van der Waals surface area contributed by atoms with Crippen molar-refractivity contribution in [3.63, 3.8) is 0 Å². The van der Waals surface area contributed by atoms with Crippen LogP contribution in [0.2, 0.25) is 0 Å². The summed E-state index contributed by atoms with van der Waals surface area (Å²) in [5.41, 5.74) is 0.131. The first-order chi connectivity index (χ1) is 12.2. The van der Waals surface area contributed by atoms with Gasteiger partial charge in [-0.15, -0.1) is 0 Å². The van der Waals surface area contributed by atoms with E-state index in [2.05, 4.69) is 0 Å². The van der Waals surface area contributed by atoms with Gasteiger partial charge in [-0.1, -0.05) is 39.0 Å². The Kier molecular flexibility index (Phi) is 4.36. The number of halogens is 1. The van der Waals surface area contributed by atoms with Crippen LogP contribution in [0, 0.1) is 11.2 Å². The molecule has 5 nitrogen and oxygen atoms in total. The number of anilines is 1. The number of amides is 3. The van der Waals surface area contributed by atoms with E-state index in [1.165, 1.54) is 23.1 Å². The van der Waals surface area contributed by atoms with Gasteiger partial charge in [-0.05, 0) is 30.3 Å². The lowest BCUT2D eigenvalue weighted by Crippen LogP contribution is -2.48. The highest BCUT2D eigenvalue weighted by atomic mass is 19.1. The van der Waals surface area contributed by atoms with Crippen molar-refractivity contribution in [1.82, 2.24) is 4.90 Å². The van der Waals surface area contributed by atoms with Gasteiger partial charge in [0.2, 0.25) is 5.91 Å². The molecule has 0 fully saturated rings. The molecule has 3 amide bonds. The Morgan fingerprint density at radius 1 is 1.00 bits per heavy atom. The number of rotatable bonds is 3. The molecule has 0 aromatic heterocycles. The molecule has 0 spiro atoms. The highest BCUT2D eigenvalue weighted by Crippen LogP contribution is 2.28. The van der Waals surface area contributed by atoms with E-state index in [1.807, 2.05) is 0 Å². The molecule has 3 rings (SSSR count). The van der Waals surface area contributed by atoms with Crippen molar-refractivity contribution in [2.45, 2.75) is 20.8 Å². The molecule has 2 aromatic carbocycles. The first-order valence-corrected chi connectivity index (χ1v) is 8.23. The molecule has 0 unspecified atom stereocenters. The van der Waals surface area contributed by atoms with Crippen LogP contribution in [-0.4, -0.2) is 29.3 Å². The standard InChI is InChI=1S/C20H19FN2O3/c1-20(2,3)19(26)22(14-8-6-7-13(21)11-14)12-23-17(24)15-9-4-5-10-16(15)18(23)25/h4-11H,12H2,1-3H3. The molecule has 0 N–H and O–H groups in total. The van der Waals surface area contributed by atoms with E-state index < -0.39 is 23.0 Å². The number of hydrogen-bond donors (Lipinski definition) is 0. The summed E-state index contributed by atoms with van der Waals surface area (Å²) in [7, 11) is 0. The van der Waals surface area contributed by atoms with Crippen LogP contribution < -0.4 is 4.90 Å². The average molecular weight is 354 g/mol. The molecule has 1 aliphatic heterocycles. The van der Waals surface area contributed by atoms with Crippen molar-refractivity contribution in [2.24, 2.45) is 5.41 Å². The number of fused-ring (bicyclic) bond motifs is 1. The Hall–Kier alpha value is -3.02. The number of nitrogens with zero attached hydrogens (tertiary/aromatic N) is 2. The Morgan fingerprint density at radius 3 is 2.08 bits per heavy atom. The van der Waals surface area contributed by atoms with Crippen molar-refractivity contribution in [2.75, 3.05) is 11.6 Å². The monoisotopic (exact) mass is 354 g/mol. The van der Waals surface area contributed by atoms with Crippen LogP contribution in [-0.2, 0) is 4.79 Å². The smallest absolute Gasteiger partial charge is 0.263 e. The second kappa shape index (κ2) is 6.37. The van der Waals surface area contributed by atoms with Gasteiger partial charge in [0.05, 0.1) is 11.1 Å². The lowest BCUT2D eigenvalue weighted by molar-refractivity contribution is -0.126. The molecule has 134 valence electrons. The highest BCUT2D eigenvalue weighted by Gasteiger charge is 2.38. The van der Waals surface area contributed by atoms with Crippen molar-refractivity contribution in [1.29, 1.82) is 0 Å². The van der Waals surface area contributed by atoms with E-state index in [0.29, 0.717) is 16.8 Å². The first-order valence-electron chi connectivity index (χ1n) is 8.23. The Morgan fingerprint density at radius 2 is 1.58 bits per heavy atom. The fourth-order valence-electron chi connectivity index (χ4n) is 2.82. The summed E-state index contributed by atoms with van der Waals surface area (Å²) in [5, 5.41) is 0. The minimum atomic E-state index is -0.773. The zero-order chi connectivity index (χ0) is 19.1. The van der Waals surface area contributed by atoms with Crippen LogP contribution in [0.4, 0.5) is 10.1 Å². The Balaban J connectivity index is 1.98. The molecule has 6 heteroatoms. The first kappa shape index (κ1) is 17.8. The number of carbonyl (C=O) groups excluding carboxylic acids is 3. The fourth-order valence-corrected chi connectivity index (χ4v) is 2.82. The van der Waals surface area contributed by atoms with Crippen LogP contribution in [0.15, 0.2) is 48.5 Å². The van der Waals surface area contributed by atoms with Crippen LogP contribution >= 0.6 is 0 Å². The second-order valence-electron chi connectivity index (χ2n) is 7.19. The molecule has 0 saturated carbocycles. The third-order valence-corrected chi connectivity index (χ3v) is 4.17. The number of carbonyl (C=O) groups is 3. The fraction of sp³-hybridized carbons (Fsp3) is 0.250. The van der Waals surface area contributed by atoms with Crippen LogP contribution in [0.25, 0.3) is 0 Å². The predicted molar refractivity (Wildman–Crippen MR) is 95.2 cm³/mol. The molecular formula is C20H19FN2O3.